The summed E-state index contributed by atoms with van der Waals surface area (Å²) < 4.78 is 2.80. The molecule has 0 unspecified atom stereocenters. The molecule has 0 saturated carbocycles. The van der Waals surface area contributed by atoms with E-state index in [-0.39, 0.29) is 39.2 Å². The van der Waals surface area contributed by atoms with Crippen molar-refractivity contribution in [1.29, 1.82) is 0 Å². The largest absolute Gasteiger partial charge is 0.311 e. The molecule has 0 N–H and O–H groups in total. The van der Waals surface area contributed by atoms with Gasteiger partial charge in [-0.3, -0.25) is 0 Å². The minimum atomic E-state index is -0.0164. The molecule has 4 aliphatic rings. The van der Waals surface area contributed by atoms with Crippen LogP contribution in [0.2, 0.25) is 0 Å². The number of aryl methyl sites for hydroxylation is 1. The molecule has 7 aromatic rings. The van der Waals surface area contributed by atoms with Crippen molar-refractivity contribution in [2.45, 2.75) is 162 Å². The Morgan fingerprint density at radius 1 is 0.507 bits per heavy atom. The van der Waals surface area contributed by atoms with Crippen LogP contribution in [0.1, 0.15) is 162 Å². The van der Waals surface area contributed by atoms with E-state index >= 15 is 0 Å². The van der Waals surface area contributed by atoms with Crippen LogP contribution in [0, 0.1) is 6.92 Å². The highest BCUT2D eigenvalue weighted by molar-refractivity contribution is 7.33. The fraction of sp³-hybridized carbons (Fsp3) is 0.397. The molecule has 0 radical (unpaired) electrons. The molecule has 0 fully saturated rings. The van der Waals surface area contributed by atoms with Gasteiger partial charge in [-0.25, -0.2) is 0 Å². The molecule has 2 aliphatic heterocycles. The first-order valence-electron chi connectivity index (χ1n) is 25.2. The van der Waals surface area contributed by atoms with Gasteiger partial charge in [-0.1, -0.05) is 158 Å². The quantitative estimate of drug-likeness (QED) is 0.163. The summed E-state index contributed by atoms with van der Waals surface area (Å²) in [5.74, 6) is 0. The Balaban J connectivity index is 1.26. The van der Waals surface area contributed by atoms with Gasteiger partial charge in [0, 0.05) is 43.2 Å². The summed E-state index contributed by atoms with van der Waals surface area (Å²) >= 11 is 2.01. The maximum Gasteiger partial charge on any atom is 0.264 e. The van der Waals surface area contributed by atoms with Crippen LogP contribution >= 0.6 is 11.3 Å². The summed E-state index contributed by atoms with van der Waals surface area (Å²) in [6.45, 7) is 36.2. The lowest BCUT2D eigenvalue weighted by atomic mass is 9.35. The van der Waals surface area contributed by atoms with Gasteiger partial charge in [0.25, 0.3) is 6.71 Å². The van der Waals surface area contributed by atoms with Crippen molar-refractivity contribution in [3.05, 3.63) is 148 Å². The topological polar surface area (TPSA) is 6.48 Å². The fourth-order valence-corrected chi connectivity index (χ4v) is 13.8. The lowest BCUT2D eigenvalue weighted by Gasteiger charge is -2.47. The molecule has 67 heavy (non-hydrogen) atoms. The predicted octanol–water partition coefficient (Wildman–Crippen LogP) is 16.3. The van der Waals surface area contributed by atoms with E-state index in [0.29, 0.717) is 0 Å². The zero-order chi connectivity index (χ0) is 47.5. The summed E-state index contributed by atoms with van der Waals surface area (Å²) in [4.78, 5) is 5.40. The smallest absolute Gasteiger partial charge is 0.264 e. The van der Waals surface area contributed by atoms with Crippen LogP contribution in [-0.4, -0.2) is 6.71 Å². The molecule has 6 aromatic carbocycles. The van der Waals surface area contributed by atoms with Crippen LogP contribution in [0.3, 0.4) is 0 Å². The standard InChI is InChI=1S/C63H71BN2S/c1-38-32-52-55-53(33-38)66(50-27-24-41(59(5,6)7)34-44(50)39-20-22-40(23-21-39)58(2,3)4)51-37-48-47(62(12,13)30-31-63(48,14)15)36-49(51)64(55)57-56(43-18-16-17-19-54(43)67-57)65(52)42-25-26-45-46(35-42)61(10,11)29-28-60(45,8)9/h16-27,32-37H,28-31H2,1-15H3. The van der Waals surface area contributed by atoms with Crippen molar-refractivity contribution in [3.8, 4) is 11.1 Å². The summed E-state index contributed by atoms with van der Waals surface area (Å²) in [6.07, 6.45) is 4.74. The molecule has 3 heterocycles. The van der Waals surface area contributed by atoms with Gasteiger partial charge in [0.1, 0.15) is 0 Å². The lowest BCUT2D eigenvalue weighted by Crippen LogP contribution is -2.61. The average molecular weight is 899 g/mol. The van der Waals surface area contributed by atoms with Gasteiger partial charge < -0.3 is 9.80 Å². The Morgan fingerprint density at radius 3 is 1.69 bits per heavy atom. The Labute approximate surface area is 406 Å². The van der Waals surface area contributed by atoms with E-state index in [1.165, 1.54) is 136 Å². The molecule has 2 aliphatic carbocycles. The number of hydrogen-bond donors (Lipinski definition) is 0. The van der Waals surface area contributed by atoms with E-state index in [1.807, 2.05) is 11.3 Å². The zero-order valence-electron chi connectivity index (χ0n) is 43.1. The molecule has 0 amide bonds. The fourth-order valence-electron chi connectivity index (χ4n) is 12.4. The van der Waals surface area contributed by atoms with E-state index in [4.69, 9.17) is 0 Å². The number of rotatable bonds is 3. The normalized spacial score (nSPS) is 18.5. The van der Waals surface area contributed by atoms with Gasteiger partial charge in [0.05, 0.1) is 11.4 Å². The minimum Gasteiger partial charge on any atom is -0.311 e. The summed E-state index contributed by atoms with van der Waals surface area (Å²) in [5, 5.41) is 1.34. The first-order chi connectivity index (χ1) is 31.4. The molecule has 11 rings (SSSR count). The van der Waals surface area contributed by atoms with Gasteiger partial charge in [0.15, 0.2) is 0 Å². The molecule has 2 nitrogen and oxygen atoms in total. The lowest BCUT2D eigenvalue weighted by molar-refractivity contribution is 0.332. The third-order valence-corrected chi connectivity index (χ3v) is 18.2. The Morgan fingerprint density at radius 2 is 1.06 bits per heavy atom. The molecular formula is C63H71BN2S. The van der Waals surface area contributed by atoms with Gasteiger partial charge >= 0.3 is 0 Å². The molecule has 0 bridgehead atoms. The van der Waals surface area contributed by atoms with Gasteiger partial charge in [-0.2, -0.15) is 0 Å². The monoisotopic (exact) mass is 899 g/mol. The van der Waals surface area contributed by atoms with Crippen LogP contribution in [0.25, 0.3) is 21.2 Å². The van der Waals surface area contributed by atoms with E-state index in [2.05, 4.69) is 223 Å². The second-order valence-corrected chi connectivity index (χ2v) is 26.7. The maximum absolute atomic E-state index is 2.71. The third-order valence-electron chi connectivity index (χ3n) is 16.9. The number of hydrogen-bond acceptors (Lipinski definition) is 3. The van der Waals surface area contributed by atoms with Crippen LogP contribution in [0.15, 0.2) is 109 Å². The number of nitrogens with zero attached hydrogens (tertiary/aromatic N) is 2. The molecule has 342 valence electrons. The molecule has 0 saturated heterocycles. The zero-order valence-corrected chi connectivity index (χ0v) is 43.9. The van der Waals surface area contributed by atoms with Crippen molar-refractivity contribution in [2.24, 2.45) is 0 Å². The predicted molar refractivity (Wildman–Crippen MR) is 294 cm³/mol. The average Bonchev–Trinajstić information content (AvgIpc) is 3.65. The molecule has 1 aromatic heterocycles. The maximum atomic E-state index is 2.71. The van der Waals surface area contributed by atoms with Gasteiger partial charge in [-0.15, -0.1) is 11.3 Å². The second-order valence-electron chi connectivity index (χ2n) is 25.7. The van der Waals surface area contributed by atoms with Gasteiger partial charge in [-0.05, 0) is 169 Å². The highest BCUT2D eigenvalue weighted by Gasteiger charge is 2.48. The Kier molecular flexibility index (Phi) is 9.61. The van der Waals surface area contributed by atoms with E-state index in [0.717, 1.165) is 0 Å². The molecule has 0 spiro atoms. The Bertz CT molecular complexity index is 3180. The SMILES string of the molecule is Cc1cc2c3c(c1)N(c1ccc4c(c1)C(C)(C)CCC4(C)C)c1c(sc4ccccc14)B3c1cc3c(cc1N2c1ccc(C(C)(C)C)cc1-c1ccc(C(C)(C)C)cc1)C(C)(C)CCC3(C)C. The minimum absolute atomic E-state index is 0.0164. The van der Waals surface area contributed by atoms with Crippen molar-refractivity contribution in [1.82, 2.24) is 0 Å². The summed E-state index contributed by atoms with van der Waals surface area (Å²) in [5.41, 5.74) is 23.5. The number of thiophene rings is 1. The van der Waals surface area contributed by atoms with E-state index in [9.17, 15) is 0 Å². The third kappa shape index (κ3) is 6.84. The molecule has 4 heteroatoms. The summed E-state index contributed by atoms with van der Waals surface area (Å²) in [6, 6.07) is 44.0. The van der Waals surface area contributed by atoms with Crippen molar-refractivity contribution >= 4 is 78.0 Å². The number of fused-ring (bicyclic) bond motifs is 8. The first-order valence-corrected chi connectivity index (χ1v) is 26.0. The van der Waals surface area contributed by atoms with Crippen molar-refractivity contribution in [2.75, 3.05) is 9.80 Å². The second kappa shape index (κ2) is 14.5. The van der Waals surface area contributed by atoms with Crippen LogP contribution in [0.4, 0.5) is 34.1 Å². The van der Waals surface area contributed by atoms with Crippen molar-refractivity contribution in [3.63, 3.8) is 0 Å². The Hall–Kier alpha value is -5.06. The van der Waals surface area contributed by atoms with Crippen LogP contribution in [0.5, 0.6) is 0 Å². The van der Waals surface area contributed by atoms with Crippen LogP contribution < -0.4 is 25.5 Å². The highest BCUT2D eigenvalue weighted by Crippen LogP contribution is 2.54. The van der Waals surface area contributed by atoms with Crippen LogP contribution in [-0.2, 0) is 32.5 Å². The first kappa shape index (κ1) is 44.5. The number of benzene rings is 6. The molecule has 0 atom stereocenters. The highest BCUT2D eigenvalue weighted by atomic mass is 32.1. The number of anilines is 6. The molecular weight excluding hydrogens is 828 g/mol. The van der Waals surface area contributed by atoms with E-state index < -0.39 is 0 Å². The van der Waals surface area contributed by atoms with Crippen molar-refractivity contribution < 1.29 is 0 Å². The van der Waals surface area contributed by atoms with Gasteiger partial charge in [0.2, 0.25) is 0 Å². The summed E-state index contributed by atoms with van der Waals surface area (Å²) in [7, 11) is 0. The van der Waals surface area contributed by atoms with E-state index in [1.54, 1.807) is 0 Å².